The van der Waals surface area contributed by atoms with Crippen LogP contribution in [0.2, 0.25) is 0 Å². The van der Waals surface area contributed by atoms with Gasteiger partial charge in [-0.05, 0) is 42.8 Å². The SMILES string of the molecule is COc1cc(/C=C/C(=O)Oc2ccc(C)cc2)ccc1OC(F)F. The van der Waals surface area contributed by atoms with Crippen molar-refractivity contribution in [1.82, 2.24) is 0 Å². The zero-order chi connectivity index (χ0) is 17.5. The Labute approximate surface area is 138 Å². The van der Waals surface area contributed by atoms with Gasteiger partial charge in [-0.25, -0.2) is 4.79 Å². The van der Waals surface area contributed by atoms with Crippen molar-refractivity contribution < 1.29 is 27.8 Å². The van der Waals surface area contributed by atoms with Crippen molar-refractivity contribution in [3.63, 3.8) is 0 Å². The number of hydrogen-bond acceptors (Lipinski definition) is 4. The normalized spacial score (nSPS) is 10.9. The molecule has 0 heterocycles. The summed E-state index contributed by atoms with van der Waals surface area (Å²) in [6.07, 6.45) is 2.73. The van der Waals surface area contributed by atoms with Gasteiger partial charge in [-0.15, -0.1) is 0 Å². The van der Waals surface area contributed by atoms with Gasteiger partial charge < -0.3 is 14.2 Å². The van der Waals surface area contributed by atoms with Crippen molar-refractivity contribution in [3.8, 4) is 17.2 Å². The van der Waals surface area contributed by atoms with E-state index < -0.39 is 12.6 Å². The molecule has 2 aromatic rings. The smallest absolute Gasteiger partial charge is 0.387 e. The first-order chi connectivity index (χ1) is 11.5. The van der Waals surface area contributed by atoms with E-state index >= 15 is 0 Å². The van der Waals surface area contributed by atoms with E-state index in [1.54, 1.807) is 12.1 Å². The third-order valence-electron chi connectivity index (χ3n) is 3.06. The van der Waals surface area contributed by atoms with Gasteiger partial charge in [-0.2, -0.15) is 8.78 Å². The maximum absolute atomic E-state index is 12.3. The van der Waals surface area contributed by atoms with E-state index in [9.17, 15) is 13.6 Å². The molecule has 0 aliphatic rings. The maximum Gasteiger partial charge on any atom is 0.387 e. The summed E-state index contributed by atoms with van der Waals surface area (Å²) in [6.45, 7) is -1.01. The largest absolute Gasteiger partial charge is 0.493 e. The van der Waals surface area contributed by atoms with Gasteiger partial charge in [0.15, 0.2) is 11.5 Å². The number of ether oxygens (including phenoxy) is 3. The van der Waals surface area contributed by atoms with E-state index in [0.717, 1.165) is 5.56 Å². The van der Waals surface area contributed by atoms with Crippen molar-refractivity contribution in [2.24, 2.45) is 0 Å². The quantitative estimate of drug-likeness (QED) is 0.451. The summed E-state index contributed by atoms with van der Waals surface area (Å²) in [5.41, 5.74) is 1.64. The lowest BCUT2D eigenvalue weighted by Crippen LogP contribution is -2.04. The fourth-order valence-corrected chi connectivity index (χ4v) is 1.90. The van der Waals surface area contributed by atoms with Crippen LogP contribution in [-0.2, 0) is 4.79 Å². The molecule has 0 saturated heterocycles. The van der Waals surface area contributed by atoms with Crippen LogP contribution in [0.5, 0.6) is 17.2 Å². The molecule has 0 saturated carbocycles. The number of methoxy groups -OCH3 is 1. The van der Waals surface area contributed by atoms with Crippen molar-refractivity contribution >= 4 is 12.0 Å². The number of esters is 1. The van der Waals surface area contributed by atoms with E-state index in [1.165, 1.54) is 37.5 Å². The lowest BCUT2D eigenvalue weighted by molar-refractivity contribution is -0.128. The summed E-state index contributed by atoms with van der Waals surface area (Å²) in [7, 11) is 1.34. The van der Waals surface area contributed by atoms with Crippen molar-refractivity contribution in [1.29, 1.82) is 0 Å². The monoisotopic (exact) mass is 334 g/mol. The number of aryl methyl sites for hydroxylation is 1. The van der Waals surface area contributed by atoms with Crippen molar-refractivity contribution in [2.45, 2.75) is 13.5 Å². The molecule has 6 heteroatoms. The zero-order valence-electron chi connectivity index (χ0n) is 13.2. The van der Waals surface area contributed by atoms with Gasteiger partial charge in [0.05, 0.1) is 7.11 Å². The van der Waals surface area contributed by atoms with Crippen LogP contribution in [0.3, 0.4) is 0 Å². The molecular formula is C18H16F2O4. The van der Waals surface area contributed by atoms with E-state index in [1.807, 2.05) is 19.1 Å². The van der Waals surface area contributed by atoms with Gasteiger partial charge in [0, 0.05) is 6.08 Å². The molecule has 0 atom stereocenters. The van der Waals surface area contributed by atoms with E-state index in [0.29, 0.717) is 11.3 Å². The summed E-state index contributed by atoms with van der Waals surface area (Å²) in [5.74, 6) is -0.0459. The Hall–Kier alpha value is -2.89. The Kier molecular flexibility index (Phi) is 5.89. The van der Waals surface area contributed by atoms with Crippen LogP contribution in [0, 0.1) is 6.92 Å². The first-order valence-corrected chi connectivity index (χ1v) is 7.07. The molecule has 0 amide bonds. The Morgan fingerprint density at radius 1 is 1.08 bits per heavy atom. The molecule has 0 N–H and O–H groups in total. The summed E-state index contributed by atoms with van der Waals surface area (Å²) in [5, 5.41) is 0. The Morgan fingerprint density at radius 2 is 1.79 bits per heavy atom. The molecule has 0 aliphatic heterocycles. The highest BCUT2D eigenvalue weighted by Gasteiger charge is 2.10. The molecule has 2 rings (SSSR count). The number of hydrogen-bond donors (Lipinski definition) is 0. The van der Waals surface area contributed by atoms with Gasteiger partial charge >= 0.3 is 12.6 Å². The number of benzene rings is 2. The van der Waals surface area contributed by atoms with Gasteiger partial charge in [0.25, 0.3) is 0 Å². The molecule has 0 unspecified atom stereocenters. The van der Waals surface area contributed by atoms with Crippen LogP contribution >= 0.6 is 0 Å². The Bertz CT molecular complexity index is 724. The van der Waals surface area contributed by atoms with Crippen LogP contribution in [-0.4, -0.2) is 19.7 Å². The summed E-state index contributed by atoms with van der Waals surface area (Å²) in [6, 6.07) is 11.4. The molecule has 0 aromatic heterocycles. The molecule has 2 aromatic carbocycles. The second kappa shape index (κ2) is 8.10. The third kappa shape index (κ3) is 5.08. The highest BCUT2D eigenvalue weighted by atomic mass is 19.3. The maximum atomic E-state index is 12.3. The molecule has 0 fully saturated rings. The molecule has 0 spiro atoms. The Balaban J connectivity index is 2.05. The summed E-state index contributed by atoms with van der Waals surface area (Å²) in [4.78, 5) is 11.8. The number of alkyl halides is 2. The summed E-state index contributed by atoms with van der Waals surface area (Å²) < 4.78 is 39.0. The molecule has 24 heavy (non-hydrogen) atoms. The number of halogens is 2. The number of carbonyl (C=O) groups is 1. The fourth-order valence-electron chi connectivity index (χ4n) is 1.90. The van der Waals surface area contributed by atoms with Crippen LogP contribution in [0.1, 0.15) is 11.1 Å². The predicted molar refractivity (Wildman–Crippen MR) is 85.5 cm³/mol. The molecule has 0 radical (unpaired) electrons. The molecule has 4 nitrogen and oxygen atoms in total. The second-order valence-corrected chi connectivity index (χ2v) is 4.86. The first-order valence-electron chi connectivity index (χ1n) is 7.07. The van der Waals surface area contributed by atoms with Gasteiger partial charge in [-0.3, -0.25) is 0 Å². The highest BCUT2D eigenvalue weighted by molar-refractivity contribution is 5.88. The first kappa shape index (κ1) is 17.5. The van der Waals surface area contributed by atoms with Gasteiger partial charge in [0.1, 0.15) is 5.75 Å². The minimum atomic E-state index is -2.94. The second-order valence-electron chi connectivity index (χ2n) is 4.86. The third-order valence-corrected chi connectivity index (χ3v) is 3.06. The van der Waals surface area contributed by atoms with Crippen LogP contribution < -0.4 is 14.2 Å². The molecule has 126 valence electrons. The Morgan fingerprint density at radius 3 is 2.42 bits per heavy atom. The van der Waals surface area contributed by atoms with Crippen LogP contribution in [0.15, 0.2) is 48.5 Å². The van der Waals surface area contributed by atoms with E-state index in [2.05, 4.69) is 4.74 Å². The lowest BCUT2D eigenvalue weighted by Gasteiger charge is -2.10. The average Bonchev–Trinajstić information content (AvgIpc) is 2.55. The van der Waals surface area contributed by atoms with E-state index in [4.69, 9.17) is 9.47 Å². The minimum Gasteiger partial charge on any atom is -0.493 e. The molecule has 0 bridgehead atoms. The van der Waals surface area contributed by atoms with Crippen molar-refractivity contribution in [3.05, 3.63) is 59.7 Å². The molecular weight excluding hydrogens is 318 g/mol. The van der Waals surface area contributed by atoms with Crippen LogP contribution in [0.25, 0.3) is 6.08 Å². The zero-order valence-corrected chi connectivity index (χ0v) is 13.2. The van der Waals surface area contributed by atoms with Gasteiger partial charge in [-0.1, -0.05) is 23.8 Å². The lowest BCUT2D eigenvalue weighted by atomic mass is 10.2. The standard InChI is InChI=1S/C18H16F2O4/c1-12-3-7-14(8-4-12)23-17(21)10-6-13-5-9-15(24-18(19)20)16(11-13)22-2/h3-11,18H,1-2H3/b10-6+. The average molecular weight is 334 g/mol. The molecule has 0 aliphatic carbocycles. The minimum absolute atomic E-state index is 0.0770. The van der Waals surface area contributed by atoms with Crippen LogP contribution in [0.4, 0.5) is 8.78 Å². The van der Waals surface area contributed by atoms with Crippen molar-refractivity contribution in [2.75, 3.05) is 7.11 Å². The van der Waals surface area contributed by atoms with Gasteiger partial charge in [0.2, 0.25) is 0 Å². The topological polar surface area (TPSA) is 44.8 Å². The summed E-state index contributed by atoms with van der Waals surface area (Å²) >= 11 is 0. The predicted octanol–water partition coefficient (Wildman–Crippen LogP) is 4.22. The number of rotatable bonds is 6. The fraction of sp³-hybridized carbons (Fsp3) is 0.167. The van der Waals surface area contributed by atoms with E-state index in [-0.39, 0.29) is 11.5 Å². The number of carbonyl (C=O) groups excluding carboxylic acids is 1. The highest BCUT2D eigenvalue weighted by Crippen LogP contribution is 2.29.